The van der Waals surface area contributed by atoms with Gasteiger partial charge in [-0.3, -0.25) is 0 Å². The van der Waals surface area contributed by atoms with Crippen molar-refractivity contribution in [2.24, 2.45) is 0 Å². The third-order valence-electron chi connectivity index (χ3n) is 3.89. The lowest BCUT2D eigenvalue weighted by Crippen LogP contribution is -2.25. The van der Waals surface area contributed by atoms with Crippen LogP contribution in [0.15, 0.2) is 30.3 Å². The van der Waals surface area contributed by atoms with Crippen molar-refractivity contribution >= 4 is 16.6 Å². The van der Waals surface area contributed by atoms with E-state index in [1.165, 1.54) is 23.6 Å². The summed E-state index contributed by atoms with van der Waals surface area (Å²) in [4.78, 5) is 7.01. The summed E-state index contributed by atoms with van der Waals surface area (Å²) < 4.78 is 0. The molecule has 1 N–H and O–H groups in total. The van der Waals surface area contributed by atoms with Gasteiger partial charge in [0, 0.05) is 24.5 Å². The third kappa shape index (κ3) is 3.17. The maximum atomic E-state index is 5.50. The number of fused-ring (bicyclic) bond motifs is 1. The second-order valence-corrected chi connectivity index (χ2v) is 5.53. The smallest absolute Gasteiger partial charge is 0.137 e. The Morgan fingerprint density at radius 3 is 2.90 bits per heavy atom. The summed E-state index contributed by atoms with van der Waals surface area (Å²) in [5.74, 6) is 3.73. The van der Waals surface area contributed by atoms with Gasteiger partial charge in [0.2, 0.25) is 0 Å². The van der Waals surface area contributed by atoms with Crippen molar-refractivity contribution < 1.29 is 0 Å². The zero-order valence-electron chi connectivity index (χ0n) is 12.5. The van der Waals surface area contributed by atoms with E-state index in [-0.39, 0.29) is 0 Å². The van der Waals surface area contributed by atoms with Crippen LogP contribution < -0.4 is 10.2 Å². The standard InChI is InChI=1S/C18H21N3/c1-3-11-21(4-2)18-17-8-6-5-7-14(17)12-16(20-18)13-19-15-9-10-15/h1,5-8,12,15,19H,4,9-11,13H2,2H3. The molecule has 0 radical (unpaired) electrons. The first kappa shape index (κ1) is 13.9. The molecule has 1 saturated carbocycles. The van der Waals surface area contributed by atoms with Crippen molar-refractivity contribution in [3.63, 3.8) is 0 Å². The van der Waals surface area contributed by atoms with E-state index in [0.29, 0.717) is 12.6 Å². The topological polar surface area (TPSA) is 28.2 Å². The first-order chi connectivity index (χ1) is 10.3. The highest BCUT2D eigenvalue weighted by molar-refractivity contribution is 5.92. The summed E-state index contributed by atoms with van der Waals surface area (Å²) in [5, 5.41) is 5.93. The normalized spacial score (nSPS) is 14.1. The fourth-order valence-corrected chi connectivity index (χ4v) is 2.55. The second kappa shape index (κ2) is 6.15. The van der Waals surface area contributed by atoms with Gasteiger partial charge in [-0.2, -0.15) is 0 Å². The number of rotatable bonds is 6. The molecular formula is C18H21N3. The molecule has 1 fully saturated rings. The second-order valence-electron chi connectivity index (χ2n) is 5.53. The minimum atomic E-state index is 0.590. The fraction of sp³-hybridized carbons (Fsp3) is 0.389. The summed E-state index contributed by atoms with van der Waals surface area (Å²) in [7, 11) is 0. The van der Waals surface area contributed by atoms with Crippen molar-refractivity contribution in [3.05, 3.63) is 36.0 Å². The average molecular weight is 279 g/mol. The Labute approximate surface area is 126 Å². The molecule has 0 amide bonds. The van der Waals surface area contributed by atoms with Gasteiger partial charge in [-0.05, 0) is 31.2 Å². The molecule has 1 aliphatic rings. The summed E-state index contributed by atoms with van der Waals surface area (Å²) in [6.07, 6.45) is 8.08. The van der Waals surface area contributed by atoms with Crippen LogP contribution in [-0.2, 0) is 6.54 Å². The van der Waals surface area contributed by atoms with Crippen molar-refractivity contribution in [1.82, 2.24) is 10.3 Å². The lowest BCUT2D eigenvalue weighted by atomic mass is 10.1. The third-order valence-corrected chi connectivity index (χ3v) is 3.89. The Morgan fingerprint density at radius 2 is 2.19 bits per heavy atom. The fourth-order valence-electron chi connectivity index (χ4n) is 2.55. The summed E-state index contributed by atoms with van der Waals surface area (Å²) in [6.45, 7) is 4.40. The molecule has 0 spiro atoms. The molecule has 0 atom stereocenters. The molecule has 1 aromatic heterocycles. The maximum absolute atomic E-state index is 5.50. The summed E-state index contributed by atoms with van der Waals surface area (Å²) in [6, 6.07) is 11.3. The minimum absolute atomic E-state index is 0.590. The highest BCUT2D eigenvalue weighted by Gasteiger charge is 2.20. The van der Waals surface area contributed by atoms with Gasteiger partial charge in [0.15, 0.2) is 0 Å². The largest absolute Gasteiger partial charge is 0.345 e. The highest BCUT2D eigenvalue weighted by Crippen LogP contribution is 2.26. The zero-order chi connectivity index (χ0) is 14.7. The first-order valence-electron chi connectivity index (χ1n) is 7.62. The van der Waals surface area contributed by atoms with Gasteiger partial charge >= 0.3 is 0 Å². The Kier molecular flexibility index (Phi) is 4.08. The average Bonchev–Trinajstić information content (AvgIpc) is 3.34. The van der Waals surface area contributed by atoms with E-state index in [0.717, 1.165) is 24.6 Å². The van der Waals surface area contributed by atoms with E-state index >= 15 is 0 Å². The molecule has 108 valence electrons. The highest BCUT2D eigenvalue weighted by atomic mass is 15.2. The Balaban J connectivity index is 1.99. The lowest BCUT2D eigenvalue weighted by Gasteiger charge is -2.22. The van der Waals surface area contributed by atoms with E-state index < -0.39 is 0 Å². The van der Waals surface area contributed by atoms with Gasteiger partial charge in [0.05, 0.1) is 12.2 Å². The van der Waals surface area contributed by atoms with Crippen LogP contribution in [0.2, 0.25) is 0 Å². The van der Waals surface area contributed by atoms with Crippen LogP contribution in [0.25, 0.3) is 10.8 Å². The molecule has 0 saturated heterocycles. The minimum Gasteiger partial charge on any atom is -0.345 e. The van der Waals surface area contributed by atoms with Crippen LogP contribution in [0.1, 0.15) is 25.5 Å². The van der Waals surface area contributed by atoms with Gasteiger partial charge in [0.1, 0.15) is 5.82 Å². The number of anilines is 1. The van der Waals surface area contributed by atoms with Gasteiger partial charge in [-0.15, -0.1) is 6.42 Å². The number of benzene rings is 1. The van der Waals surface area contributed by atoms with E-state index in [1.54, 1.807) is 0 Å². The predicted octanol–water partition coefficient (Wildman–Crippen LogP) is 2.95. The molecular weight excluding hydrogens is 258 g/mol. The SMILES string of the molecule is C#CCN(CC)c1nc(CNC2CC2)cc2ccccc12. The lowest BCUT2D eigenvalue weighted by molar-refractivity contribution is 0.674. The van der Waals surface area contributed by atoms with Crippen LogP contribution in [0.3, 0.4) is 0 Å². The number of hydrogen-bond donors (Lipinski definition) is 1. The molecule has 1 heterocycles. The Morgan fingerprint density at radius 1 is 1.38 bits per heavy atom. The molecule has 1 aromatic carbocycles. The van der Waals surface area contributed by atoms with E-state index in [9.17, 15) is 0 Å². The van der Waals surface area contributed by atoms with Gasteiger partial charge in [-0.25, -0.2) is 4.98 Å². The van der Waals surface area contributed by atoms with Crippen molar-refractivity contribution in [3.8, 4) is 12.3 Å². The number of terminal acetylenes is 1. The number of nitrogens with zero attached hydrogens (tertiary/aromatic N) is 2. The zero-order valence-corrected chi connectivity index (χ0v) is 12.5. The van der Waals surface area contributed by atoms with Crippen LogP contribution in [0, 0.1) is 12.3 Å². The first-order valence-corrected chi connectivity index (χ1v) is 7.62. The molecule has 0 aliphatic heterocycles. The van der Waals surface area contributed by atoms with Crippen molar-refractivity contribution in [1.29, 1.82) is 0 Å². The summed E-state index contributed by atoms with van der Waals surface area (Å²) >= 11 is 0. The van der Waals surface area contributed by atoms with Gasteiger partial charge in [-0.1, -0.05) is 30.2 Å². The maximum Gasteiger partial charge on any atom is 0.137 e. The van der Waals surface area contributed by atoms with Crippen molar-refractivity contribution in [2.45, 2.75) is 32.4 Å². The predicted molar refractivity (Wildman–Crippen MR) is 88.3 cm³/mol. The number of pyridine rings is 1. The molecule has 2 aromatic rings. The van der Waals surface area contributed by atoms with Crippen LogP contribution in [0.5, 0.6) is 0 Å². The number of hydrogen-bond acceptors (Lipinski definition) is 3. The number of nitrogens with one attached hydrogen (secondary N) is 1. The molecule has 3 nitrogen and oxygen atoms in total. The van der Waals surface area contributed by atoms with E-state index in [4.69, 9.17) is 11.4 Å². The molecule has 21 heavy (non-hydrogen) atoms. The molecule has 0 unspecified atom stereocenters. The van der Waals surface area contributed by atoms with Crippen LogP contribution in [0.4, 0.5) is 5.82 Å². The van der Waals surface area contributed by atoms with Gasteiger partial charge in [0.25, 0.3) is 0 Å². The summed E-state index contributed by atoms with van der Waals surface area (Å²) in [5.41, 5.74) is 1.09. The van der Waals surface area contributed by atoms with Crippen LogP contribution in [-0.4, -0.2) is 24.1 Å². The van der Waals surface area contributed by atoms with Crippen LogP contribution >= 0.6 is 0 Å². The Hall–Kier alpha value is -2.05. The Bertz CT molecular complexity index is 668. The van der Waals surface area contributed by atoms with E-state index in [1.807, 2.05) is 0 Å². The van der Waals surface area contributed by atoms with E-state index in [2.05, 4.69) is 53.4 Å². The molecule has 0 bridgehead atoms. The molecule has 3 rings (SSSR count). The molecule has 1 aliphatic carbocycles. The van der Waals surface area contributed by atoms with Crippen molar-refractivity contribution in [2.75, 3.05) is 18.0 Å². The molecule has 3 heteroatoms. The number of aromatic nitrogens is 1. The van der Waals surface area contributed by atoms with Gasteiger partial charge < -0.3 is 10.2 Å². The quantitative estimate of drug-likeness (QED) is 0.824. The monoisotopic (exact) mass is 279 g/mol.